The second-order valence-electron chi connectivity index (χ2n) is 14.0. The molecular formula is C51H33N3O2. The molecule has 0 unspecified atom stereocenters. The molecule has 0 atom stereocenters. The van der Waals surface area contributed by atoms with E-state index in [1.54, 1.807) is 0 Å². The Balaban J connectivity index is 0.998. The number of oxazole rings is 1. The highest BCUT2D eigenvalue weighted by molar-refractivity contribution is 6.10. The van der Waals surface area contributed by atoms with Gasteiger partial charge < -0.3 is 18.6 Å². The van der Waals surface area contributed by atoms with E-state index in [4.69, 9.17) is 13.8 Å². The molecule has 0 radical (unpaired) electrons. The zero-order valence-corrected chi connectivity index (χ0v) is 30.2. The van der Waals surface area contributed by atoms with Crippen LogP contribution in [0.25, 0.3) is 66.0 Å². The first-order chi connectivity index (χ1) is 27.7. The van der Waals surface area contributed by atoms with Gasteiger partial charge in [-0.05, 0) is 119 Å². The number of hydrogen-bond acceptors (Lipinski definition) is 5. The monoisotopic (exact) mass is 719 g/mol. The summed E-state index contributed by atoms with van der Waals surface area (Å²) in [4.78, 5) is 9.37. The predicted molar refractivity (Wildman–Crippen MR) is 231 cm³/mol. The summed E-state index contributed by atoms with van der Waals surface area (Å²) >= 11 is 0. The average Bonchev–Trinajstić information content (AvgIpc) is 3.86. The zero-order chi connectivity index (χ0) is 37.0. The van der Waals surface area contributed by atoms with Crippen molar-refractivity contribution in [3.05, 3.63) is 200 Å². The van der Waals surface area contributed by atoms with E-state index < -0.39 is 0 Å². The summed E-state index contributed by atoms with van der Waals surface area (Å²) in [7, 11) is 0. The van der Waals surface area contributed by atoms with Crippen LogP contribution in [-0.4, -0.2) is 4.98 Å². The minimum atomic E-state index is 0.615. The second kappa shape index (κ2) is 13.0. The first-order valence-electron chi connectivity index (χ1n) is 18.8. The first-order valence-corrected chi connectivity index (χ1v) is 18.8. The van der Waals surface area contributed by atoms with E-state index in [0.717, 1.165) is 78.1 Å². The Labute approximate surface area is 322 Å². The lowest BCUT2D eigenvalue weighted by molar-refractivity contribution is 0.620. The van der Waals surface area contributed by atoms with Gasteiger partial charge in [0.1, 0.15) is 16.7 Å². The SMILES string of the molecule is c1ccc(-c2nc3ccc(N(c4ccccc4)c4ccc5c(ccc6cc(N(c7ccccc7)c7ccc8oc9ccccc9c8c7)ccc65)c4)cc3o2)cc1. The Kier molecular flexibility index (Phi) is 7.42. The van der Waals surface area contributed by atoms with E-state index in [2.05, 4.69) is 155 Å². The Bertz CT molecular complexity index is 3210. The molecule has 0 bridgehead atoms. The summed E-state index contributed by atoms with van der Waals surface area (Å²) in [6.07, 6.45) is 0. The molecule has 0 aliphatic rings. The molecule has 56 heavy (non-hydrogen) atoms. The van der Waals surface area contributed by atoms with Crippen molar-refractivity contribution in [3.8, 4) is 11.5 Å². The summed E-state index contributed by atoms with van der Waals surface area (Å²) in [5, 5.41) is 6.94. The summed E-state index contributed by atoms with van der Waals surface area (Å²) in [5.41, 5.74) is 10.6. The van der Waals surface area contributed by atoms with Crippen LogP contribution in [0.15, 0.2) is 209 Å². The van der Waals surface area contributed by atoms with Crippen molar-refractivity contribution in [1.29, 1.82) is 0 Å². The Morgan fingerprint density at radius 2 is 0.839 bits per heavy atom. The first kappa shape index (κ1) is 31.9. The van der Waals surface area contributed by atoms with Crippen LogP contribution in [0.2, 0.25) is 0 Å². The highest BCUT2D eigenvalue weighted by Gasteiger charge is 2.19. The molecule has 264 valence electrons. The highest BCUT2D eigenvalue weighted by atomic mass is 16.3. The van der Waals surface area contributed by atoms with E-state index in [1.165, 1.54) is 16.2 Å². The van der Waals surface area contributed by atoms with Crippen molar-refractivity contribution in [2.75, 3.05) is 9.80 Å². The highest BCUT2D eigenvalue weighted by Crippen LogP contribution is 2.42. The zero-order valence-electron chi connectivity index (χ0n) is 30.2. The van der Waals surface area contributed by atoms with Crippen LogP contribution >= 0.6 is 0 Å². The van der Waals surface area contributed by atoms with Gasteiger partial charge in [-0.2, -0.15) is 0 Å². The summed E-state index contributed by atoms with van der Waals surface area (Å²) in [6.45, 7) is 0. The number of benzene rings is 9. The molecule has 0 aliphatic heterocycles. The predicted octanol–water partition coefficient (Wildman–Crippen LogP) is 14.6. The number of para-hydroxylation sites is 3. The molecule has 0 amide bonds. The fourth-order valence-corrected chi connectivity index (χ4v) is 7.98. The quantitative estimate of drug-likeness (QED) is 0.153. The molecule has 0 N–H and O–H groups in total. The molecule has 11 aromatic rings. The molecule has 0 spiro atoms. The molecule has 5 heteroatoms. The van der Waals surface area contributed by atoms with Gasteiger partial charge in [-0.15, -0.1) is 0 Å². The number of fused-ring (bicyclic) bond motifs is 7. The van der Waals surface area contributed by atoms with Crippen molar-refractivity contribution >= 4 is 88.7 Å². The van der Waals surface area contributed by atoms with Gasteiger partial charge in [0.25, 0.3) is 0 Å². The van der Waals surface area contributed by atoms with Crippen molar-refractivity contribution in [3.63, 3.8) is 0 Å². The lowest BCUT2D eigenvalue weighted by atomic mass is 10.00. The summed E-state index contributed by atoms with van der Waals surface area (Å²) in [6, 6.07) is 69.9. The maximum absolute atomic E-state index is 6.30. The van der Waals surface area contributed by atoms with Crippen LogP contribution in [0.3, 0.4) is 0 Å². The fourth-order valence-electron chi connectivity index (χ4n) is 7.98. The van der Waals surface area contributed by atoms with Gasteiger partial charge in [-0.25, -0.2) is 4.98 Å². The molecule has 0 fully saturated rings. The van der Waals surface area contributed by atoms with Gasteiger partial charge in [0.15, 0.2) is 5.58 Å². The van der Waals surface area contributed by atoms with Gasteiger partial charge in [0.05, 0.1) is 0 Å². The minimum absolute atomic E-state index is 0.615. The number of anilines is 6. The van der Waals surface area contributed by atoms with Gasteiger partial charge >= 0.3 is 0 Å². The van der Waals surface area contributed by atoms with Crippen LogP contribution in [0.5, 0.6) is 0 Å². The van der Waals surface area contributed by atoms with E-state index in [9.17, 15) is 0 Å². The third kappa shape index (κ3) is 5.45. The van der Waals surface area contributed by atoms with Gasteiger partial charge in [-0.1, -0.05) is 97.1 Å². The van der Waals surface area contributed by atoms with Crippen LogP contribution in [0, 0.1) is 0 Å². The normalized spacial score (nSPS) is 11.6. The largest absolute Gasteiger partial charge is 0.456 e. The van der Waals surface area contributed by atoms with Crippen molar-refractivity contribution in [2.45, 2.75) is 0 Å². The average molecular weight is 720 g/mol. The van der Waals surface area contributed by atoms with Gasteiger partial charge in [0, 0.05) is 56.5 Å². The molecule has 11 rings (SSSR count). The minimum Gasteiger partial charge on any atom is -0.456 e. The van der Waals surface area contributed by atoms with E-state index in [1.807, 2.05) is 54.6 Å². The Morgan fingerprint density at radius 1 is 0.321 bits per heavy atom. The van der Waals surface area contributed by atoms with Gasteiger partial charge in [-0.3, -0.25) is 0 Å². The van der Waals surface area contributed by atoms with Crippen LogP contribution in [0.4, 0.5) is 34.1 Å². The lowest BCUT2D eigenvalue weighted by Crippen LogP contribution is -2.10. The van der Waals surface area contributed by atoms with Crippen LogP contribution in [0.1, 0.15) is 0 Å². The molecular weight excluding hydrogens is 687 g/mol. The number of hydrogen-bond donors (Lipinski definition) is 0. The summed E-state index contributed by atoms with van der Waals surface area (Å²) < 4.78 is 12.5. The van der Waals surface area contributed by atoms with E-state index in [0.29, 0.717) is 5.89 Å². The molecule has 0 aliphatic carbocycles. The second-order valence-corrected chi connectivity index (χ2v) is 14.0. The maximum Gasteiger partial charge on any atom is 0.227 e. The van der Waals surface area contributed by atoms with E-state index in [-0.39, 0.29) is 0 Å². The molecule has 0 saturated heterocycles. The Hall–Kier alpha value is -7.63. The molecule has 2 heterocycles. The molecule has 2 aromatic heterocycles. The third-order valence-electron chi connectivity index (χ3n) is 10.6. The number of furan rings is 1. The number of aromatic nitrogens is 1. The third-order valence-corrected chi connectivity index (χ3v) is 10.6. The molecule has 5 nitrogen and oxygen atoms in total. The smallest absolute Gasteiger partial charge is 0.227 e. The number of rotatable bonds is 7. The van der Waals surface area contributed by atoms with Gasteiger partial charge in [0.2, 0.25) is 5.89 Å². The van der Waals surface area contributed by atoms with Crippen molar-refractivity contribution < 1.29 is 8.83 Å². The fraction of sp³-hybridized carbons (Fsp3) is 0. The maximum atomic E-state index is 6.30. The topological polar surface area (TPSA) is 45.7 Å². The summed E-state index contributed by atoms with van der Waals surface area (Å²) in [5.74, 6) is 0.615. The van der Waals surface area contributed by atoms with Crippen LogP contribution in [-0.2, 0) is 0 Å². The molecule has 9 aromatic carbocycles. The number of nitrogens with zero attached hydrogens (tertiary/aromatic N) is 3. The van der Waals surface area contributed by atoms with Crippen molar-refractivity contribution in [1.82, 2.24) is 4.98 Å². The standard InChI is InChI=1S/C51H33N3O2/c1-4-12-34(13-5-1)51-52-47-28-24-42(33-50(47)56-51)54(38-16-8-3-9-17-38)40-23-27-44-36(31-40)21-20-35-30-39(22-26-43(35)44)53(37-14-6-2-7-15-37)41-25-29-49-46(32-41)45-18-10-11-19-48(45)55-49/h1-33H. The van der Waals surface area contributed by atoms with Crippen molar-refractivity contribution in [2.24, 2.45) is 0 Å². The Morgan fingerprint density at radius 3 is 1.50 bits per heavy atom. The van der Waals surface area contributed by atoms with Crippen LogP contribution < -0.4 is 9.80 Å². The lowest BCUT2D eigenvalue weighted by Gasteiger charge is -2.26. The molecule has 0 saturated carbocycles. The van der Waals surface area contributed by atoms with E-state index >= 15 is 0 Å².